The summed E-state index contributed by atoms with van der Waals surface area (Å²) in [5.41, 5.74) is 0.349. The fourth-order valence-electron chi connectivity index (χ4n) is 4.63. The highest BCUT2D eigenvalue weighted by molar-refractivity contribution is 5.77. The summed E-state index contributed by atoms with van der Waals surface area (Å²) in [5.74, 6) is 0.150. The zero-order valence-corrected chi connectivity index (χ0v) is 11.7. The van der Waals surface area contributed by atoms with E-state index in [0.29, 0.717) is 5.92 Å². The van der Waals surface area contributed by atoms with Gasteiger partial charge in [-0.05, 0) is 23.8 Å². The van der Waals surface area contributed by atoms with Crippen molar-refractivity contribution in [3.8, 4) is 0 Å². The van der Waals surface area contributed by atoms with Gasteiger partial charge in [0.25, 0.3) is 0 Å². The van der Waals surface area contributed by atoms with Gasteiger partial charge >= 0.3 is 5.97 Å². The lowest BCUT2D eigenvalue weighted by atomic mass is 9.55. The molecule has 4 nitrogen and oxygen atoms in total. The van der Waals surface area contributed by atoms with Crippen molar-refractivity contribution in [3.63, 3.8) is 0 Å². The highest BCUT2D eigenvalue weighted by Crippen LogP contribution is 2.60. The van der Waals surface area contributed by atoms with Crippen molar-refractivity contribution in [1.82, 2.24) is 0 Å². The van der Waals surface area contributed by atoms with E-state index in [9.17, 15) is 15.0 Å². The number of rotatable bonds is 2. The molecular weight excluding hydrogens is 244 g/mol. The lowest BCUT2D eigenvalue weighted by molar-refractivity contribution is -0.147. The molecule has 0 radical (unpaired) electrons. The molecule has 3 rings (SSSR count). The van der Waals surface area contributed by atoms with Crippen LogP contribution in [0, 0.1) is 29.1 Å². The first-order chi connectivity index (χ1) is 8.92. The highest BCUT2D eigenvalue weighted by Gasteiger charge is 2.66. The fourth-order valence-corrected chi connectivity index (χ4v) is 4.63. The quantitative estimate of drug-likeness (QED) is 0.580. The topological polar surface area (TPSA) is 66.8 Å². The number of carbonyl (C=O) groups is 1. The average molecular weight is 266 g/mol. The van der Waals surface area contributed by atoms with E-state index >= 15 is 0 Å². The second-order valence-corrected chi connectivity index (χ2v) is 6.71. The molecule has 0 spiro atoms. The molecule has 2 fully saturated rings. The van der Waals surface area contributed by atoms with Crippen LogP contribution >= 0.6 is 0 Å². The van der Waals surface area contributed by atoms with Crippen LogP contribution in [0.5, 0.6) is 0 Å². The summed E-state index contributed by atoms with van der Waals surface area (Å²) in [6, 6.07) is 0. The summed E-state index contributed by atoms with van der Waals surface area (Å²) < 4.78 is 5.47. The van der Waals surface area contributed by atoms with Crippen molar-refractivity contribution in [1.29, 1.82) is 0 Å². The van der Waals surface area contributed by atoms with Gasteiger partial charge in [-0.3, -0.25) is 4.79 Å². The van der Waals surface area contributed by atoms with Gasteiger partial charge in [-0.1, -0.05) is 26.8 Å². The van der Waals surface area contributed by atoms with Gasteiger partial charge in [0.1, 0.15) is 12.2 Å². The summed E-state index contributed by atoms with van der Waals surface area (Å²) in [6.45, 7) is 6.08. The van der Waals surface area contributed by atoms with Gasteiger partial charge in [0, 0.05) is 11.3 Å². The molecule has 2 aliphatic carbocycles. The first kappa shape index (κ1) is 13.1. The lowest BCUT2D eigenvalue weighted by Gasteiger charge is -2.48. The maximum atomic E-state index is 12.2. The maximum absolute atomic E-state index is 12.2. The first-order valence-corrected chi connectivity index (χ1v) is 7.11. The minimum absolute atomic E-state index is 0.0516. The average Bonchev–Trinajstić information content (AvgIpc) is 2.84. The van der Waals surface area contributed by atoms with Crippen LogP contribution in [0.25, 0.3) is 0 Å². The third-order valence-corrected chi connectivity index (χ3v) is 5.70. The number of fused-ring (bicyclic) bond motifs is 4. The monoisotopic (exact) mass is 266 g/mol. The van der Waals surface area contributed by atoms with Crippen LogP contribution in [0.2, 0.25) is 0 Å². The Morgan fingerprint density at radius 2 is 2.21 bits per heavy atom. The molecule has 1 aliphatic heterocycles. The number of aliphatic hydroxyl groups is 2. The van der Waals surface area contributed by atoms with Crippen molar-refractivity contribution in [2.45, 2.75) is 39.4 Å². The SMILES string of the molecule is CC(C)[C@@H]1[C@H]2OC(=O)[C@@H]1[C@@H]1CC=C(CO)[C@]1(C)[C@@H]2O. The van der Waals surface area contributed by atoms with E-state index < -0.39 is 17.6 Å². The molecule has 3 aliphatic rings. The summed E-state index contributed by atoms with van der Waals surface area (Å²) in [6.07, 6.45) is 1.61. The van der Waals surface area contributed by atoms with E-state index in [2.05, 4.69) is 13.8 Å². The summed E-state index contributed by atoms with van der Waals surface area (Å²) in [4.78, 5) is 12.2. The Hall–Kier alpha value is -0.870. The van der Waals surface area contributed by atoms with Crippen molar-refractivity contribution >= 4 is 5.97 Å². The Morgan fingerprint density at radius 3 is 2.79 bits per heavy atom. The smallest absolute Gasteiger partial charge is 0.310 e. The molecule has 0 unspecified atom stereocenters. The van der Waals surface area contributed by atoms with E-state index in [1.165, 1.54) is 0 Å². The largest absolute Gasteiger partial charge is 0.459 e. The van der Waals surface area contributed by atoms with Crippen LogP contribution in [0.3, 0.4) is 0 Å². The zero-order valence-electron chi connectivity index (χ0n) is 11.7. The Labute approximate surface area is 113 Å². The Bertz CT molecular complexity index is 441. The van der Waals surface area contributed by atoms with Gasteiger partial charge < -0.3 is 14.9 Å². The molecule has 1 saturated heterocycles. The molecule has 19 heavy (non-hydrogen) atoms. The van der Waals surface area contributed by atoms with Crippen LogP contribution < -0.4 is 0 Å². The standard InChI is InChI=1S/C15H22O4/c1-7(2)10-11-9-5-4-8(6-16)15(9,3)13(17)12(10)19-14(11)18/h4,7,9-13,16-17H,5-6H2,1-3H3/t9-,10-,11+,12+,13+,15-/m0/s1. The molecule has 4 heteroatoms. The van der Waals surface area contributed by atoms with Gasteiger partial charge in [0.2, 0.25) is 0 Å². The third-order valence-electron chi connectivity index (χ3n) is 5.70. The van der Waals surface area contributed by atoms with Crippen molar-refractivity contribution in [3.05, 3.63) is 11.6 Å². The number of carbonyl (C=O) groups excluding carboxylic acids is 1. The van der Waals surface area contributed by atoms with Crippen molar-refractivity contribution in [2.24, 2.45) is 29.1 Å². The summed E-state index contributed by atoms with van der Waals surface area (Å²) in [5, 5.41) is 20.3. The van der Waals surface area contributed by atoms with Gasteiger partial charge in [0.05, 0.1) is 12.5 Å². The predicted molar refractivity (Wildman–Crippen MR) is 69.1 cm³/mol. The lowest BCUT2D eigenvalue weighted by Crippen LogP contribution is -2.55. The van der Waals surface area contributed by atoms with Crippen molar-refractivity contribution < 1.29 is 19.7 Å². The second-order valence-electron chi connectivity index (χ2n) is 6.71. The summed E-state index contributed by atoms with van der Waals surface area (Å²) >= 11 is 0. The van der Waals surface area contributed by atoms with Gasteiger partial charge in [-0.15, -0.1) is 0 Å². The Kier molecular flexibility index (Phi) is 2.81. The van der Waals surface area contributed by atoms with E-state index in [-0.39, 0.29) is 30.3 Å². The molecule has 1 saturated carbocycles. The molecule has 2 bridgehead atoms. The maximum Gasteiger partial charge on any atom is 0.310 e. The molecule has 106 valence electrons. The zero-order chi connectivity index (χ0) is 13.9. The predicted octanol–water partition coefficient (Wildman–Crippen LogP) is 1.12. The number of aliphatic hydroxyl groups excluding tert-OH is 2. The summed E-state index contributed by atoms with van der Waals surface area (Å²) in [7, 11) is 0. The number of ether oxygens (including phenoxy) is 1. The minimum atomic E-state index is -0.714. The highest BCUT2D eigenvalue weighted by atomic mass is 16.6. The number of hydrogen-bond acceptors (Lipinski definition) is 4. The van der Waals surface area contributed by atoms with Crippen LogP contribution in [-0.4, -0.2) is 35.0 Å². The van der Waals surface area contributed by atoms with Crippen LogP contribution in [0.1, 0.15) is 27.2 Å². The molecular formula is C15H22O4. The second kappa shape index (κ2) is 4.06. The molecule has 0 aromatic heterocycles. The molecule has 0 aromatic carbocycles. The molecule has 1 heterocycles. The molecule has 0 amide bonds. The molecule has 2 N–H and O–H groups in total. The first-order valence-electron chi connectivity index (χ1n) is 7.11. The number of esters is 1. The third kappa shape index (κ3) is 1.44. The van der Waals surface area contributed by atoms with E-state index in [1.54, 1.807) is 0 Å². The Morgan fingerprint density at radius 1 is 1.53 bits per heavy atom. The van der Waals surface area contributed by atoms with E-state index in [0.717, 1.165) is 12.0 Å². The molecule has 0 aromatic rings. The van der Waals surface area contributed by atoms with E-state index in [4.69, 9.17) is 4.74 Å². The van der Waals surface area contributed by atoms with Crippen molar-refractivity contribution in [2.75, 3.05) is 6.61 Å². The normalized spacial score (nSPS) is 48.2. The Balaban J connectivity index is 2.06. The van der Waals surface area contributed by atoms with Crippen LogP contribution in [0.4, 0.5) is 0 Å². The minimum Gasteiger partial charge on any atom is -0.459 e. The van der Waals surface area contributed by atoms with Gasteiger partial charge in [-0.25, -0.2) is 0 Å². The van der Waals surface area contributed by atoms with Gasteiger partial charge in [0.15, 0.2) is 0 Å². The van der Waals surface area contributed by atoms with Crippen LogP contribution in [-0.2, 0) is 9.53 Å². The van der Waals surface area contributed by atoms with E-state index in [1.807, 2.05) is 13.0 Å². The number of allylic oxidation sites excluding steroid dienone is 1. The number of hydrogen-bond donors (Lipinski definition) is 2. The molecule has 6 atom stereocenters. The van der Waals surface area contributed by atoms with Crippen LogP contribution in [0.15, 0.2) is 11.6 Å². The fraction of sp³-hybridized carbons (Fsp3) is 0.800. The van der Waals surface area contributed by atoms with Gasteiger partial charge in [-0.2, -0.15) is 0 Å².